The Bertz CT molecular complexity index is 362. The largest absolute Gasteiger partial charge is 0.334 e. The predicted molar refractivity (Wildman–Crippen MR) is 75.8 cm³/mol. The van der Waals surface area contributed by atoms with E-state index in [0.29, 0.717) is 0 Å². The average molecular weight is 249 g/mol. The summed E-state index contributed by atoms with van der Waals surface area (Å²) in [7, 11) is 0. The molecule has 0 aromatic carbocycles. The van der Waals surface area contributed by atoms with Crippen molar-refractivity contribution in [2.24, 2.45) is 5.92 Å². The monoisotopic (exact) mass is 249 g/mol. The Kier molecular flexibility index (Phi) is 4.44. The van der Waals surface area contributed by atoms with Crippen LogP contribution in [0.1, 0.15) is 52.1 Å². The minimum absolute atomic E-state index is 0.286. The first kappa shape index (κ1) is 13.6. The third-order valence-corrected chi connectivity index (χ3v) is 4.13. The molecule has 3 nitrogen and oxygen atoms in total. The second kappa shape index (κ2) is 5.87. The van der Waals surface area contributed by atoms with Gasteiger partial charge in [-0.1, -0.05) is 33.6 Å². The van der Waals surface area contributed by atoms with Crippen molar-refractivity contribution < 1.29 is 0 Å². The van der Waals surface area contributed by atoms with Crippen LogP contribution in [0.3, 0.4) is 0 Å². The molecule has 1 aliphatic heterocycles. The zero-order chi connectivity index (χ0) is 13.0. The van der Waals surface area contributed by atoms with E-state index in [1.165, 1.54) is 31.4 Å². The minimum atomic E-state index is 0.286. The summed E-state index contributed by atoms with van der Waals surface area (Å²) in [5.41, 5.74) is 1.70. The van der Waals surface area contributed by atoms with Gasteiger partial charge in [0.1, 0.15) is 0 Å². The SMILES string of the molecule is CC(C)CCCCn1cncc1C1(C)CCNC1. The van der Waals surface area contributed by atoms with Gasteiger partial charge in [-0.2, -0.15) is 0 Å². The number of rotatable bonds is 6. The highest BCUT2D eigenvalue weighted by atomic mass is 15.1. The van der Waals surface area contributed by atoms with Gasteiger partial charge in [0.25, 0.3) is 0 Å². The van der Waals surface area contributed by atoms with Crippen molar-refractivity contribution in [3.63, 3.8) is 0 Å². The van der Waals surface area contributed by atoms with Crippen molar-refractivity contribution >= 4 is 0 Å². The molecule has 1 aliphatic rings. The summed E-state index contributed by atoms with van der Waals surface area (Å²) in [6, 6.07) is 0. The van der Waals surface area contributed by atoms with E-state index in [0.717, 1.165) is 25.6 Å². The molecule has 2 heterocycles. The molecule has 1 unspecified atom stereocenters. The van der Waals surface area contributed by atoms with Crippen LogP contribution in [0.5, 0.6) is 0 Å². The average Bonchev–Trinajstić information content (AvgIpc) is 2.93. The number of unbranched alkanes of at least 4 members (excludes halogenated alkanes) is 1. The van der Waals surface area contributed by atoms with Crippen molar-refractivity contribution in [2.45, 2.75) is 58.4 Å². The van der Waals surface area contributed by atoms with Crippen LogP contribution in [0.15, 0.2) is 12.5 Å². The molecule has 0 aliphatic carbocycles. The highest BCUT2D eigenvalue weighted by Gasteiger charge is 2.33. The van der Waals surface area contributed by atoms with Crippen LogP contribution in [0.25, 0.3) is 0 Å². The highest BCUT2D eigenvalue weighted by Crippen LogP contribution is 2.29. The van der Waals surface area contributed by atoms with Gasteiger partial charge in [0.2, 0.25) is 0 Å². The van der Waals surface area contributed by atoms with E-state index in [-0.39, 0.29) is 5.41 Å². The summed E-state index contributed by atoms with van der Waals surface area (Å²) < 4.78 is 2.37. The first-order valence-corrected chi connectivity index (χ1v) is 7.33. The molecule has 1 atom stereocenters. The molecule has 102 valence electrons. The van der Waals surface area contributed by atoms with Crippen molar-refractivity contribution in [1.29, 1.82) is 0 Å². The van der Waals surface area contributed by atoms with Crippen molar-refractivity contribution in [1.82, 2.24) is 14.9 Å². The van der Waals surface area contributed by atoms with Gasteiger partial charge < -0.3 is 9.88 Å². The number of aromatic nitrogens is 2. The number of hydrogen-bond donors (Lipinski definition) is 1. The van der Waals surface area contributed by atoms with Gasteiger partial charge in [-0.25, -0.2) is 4.98 Å². The van der Waals surface area contributed by atoms with Gasteiger partial charge in [0.05, 0.1) is 6.33 Å². The molecule has 0 bridgehead atoms. The molecule has 0 saturated carbocycles. The van der Waals surface area contributed by atoms with Crippen LogP contribution in [-0.4, -0.2) is 22.6 Å². The second-order valence-corrected chi connectivity index (χ2v) is 6.35. The van der Waals surface area contributed by atoms with Crippen LogP contribution in [0.2, 0.25) is 0 Å². The van der Waals surface area contributed by atoms with Crippen molar-refractivity contribution in [3.8, 4) is 0 Å². The first-order valence-electron chi connectivity index (χ1n) is 7.33. The van der Waals surface area contributed by atoms with E-state index in [4.69, 9.17) is 0 Å². The number of aryl methyl sites for hydroxylation is 1. The molecular weight excluding hydrogens is 222 g/mol. The Morgan fingerprint density at radius 2 is 2.28 bits per heavy atom. The van der Waals surface area contributed by atoms with E-state index in [2.05, 4.69) is 41.8 Å². The van der Waals surface area contributed by atoms with Crippen LogP contribution in [0.4, 0.5) is 0 Å². The summed E-state index contributed by atoms with van der Waals surface area (Å²) >= 11 is 0. The molecule has 0 radical (unpaired) electrons. The molecule has 1 fully saturated rings. The molecule has 0 amide bonds. The number of imidazole rings is 1. The van der Waals surface area contributed by atoms with Crippen LogP contribution < -0.4 is 5.32 Å². The highest BCUT2D eigenvalue weighted by molar-refractivity contribution is 5.17. The molecule has 0 spiro atoms. The van der Waals surface area contributed by atoms with Crippen LogP contribution >= 0.6 is 0 Å². The Hall–Kier alpha value is -0.830. The summed E-state index contributed by atoms with van der Waals surface area (Å²) in [4.78, 5) is 4.36. The Balaban J connectivity index is 1.91. The molecule has 18 heavy (non-hydrogen) atoms. The normalized spacial score (nSPS) is 24.0. The van der Waals surface area contributed by atoms with Crippen LogP contribution in [0, 0.1) is 5.92 Å². The molecule has 1 aromatic heterocycles. The molecule has 2 rings (SSSR count). The Morgan fingerprint density at radius 3 is 2.94 bits per heavy atom. The smallest absolute Gasteiger partial charge is 0.0948 e. The lowest BCUT2D eigenvalue weighted by molar-refractivity contribution is 0.452. The van der Waals surface area contributed by atoms with Gasteiger partial charge in [0.15, 0.2) is 0 Å². The van der Waals surface area contributed by atoms with E-state index in [9.17, 15) is 0 Å². The molecule has 1 N–H and O–H groups in total. The van der Waals surface area contributed by atoms with Crippen molar-refractivity contribution in [3.05, 3.63) is 18.2 Å². The maximum Gasteiger partial charge on any atom is 0.0948 e. The number of hydrogen-bond acceptors (Lipinski definition) is 2. The molecular formula is C15H27N3. The molecule has 3 heteroatoms. The lowest BCUT2D eigenvalue weighted by Gasteiger charge is -2.24. The third kappa shape index (κ3) is 3.14. The number of nitrogens with one attached hydrogen (secondary N) is 1. The molecule has 1 saturated heterocycles. The fourth-order valence-electron chi connectivity index (χ4n) is 2.87. The standard InChI is InChI=1S/C15H27N3/c1-13(2)6-4-5-9-18-12-17-10-14(18)15(3)7-8-16-11-15/h10,12-13,16H,4-9,11H2,1-3H3. The Morgan fingerprint density at radius 1 is 1.44 bits per heavy atom. The van der Waals surface area contributed by atoms with Gasteiger partial charge in [-0.15, -0.1) is 0 Å². The first-order chi connectivity index (χ1) is 8.62. The quantitative estimate of drug-likeness (QED) is 0.786. The van der Waals surface area contributed by atoms with Crippen molar-refractivity contribution in [2.75, 3.05) is 13.1 Å². The van der Waals surface area contributed by atoms with Gasteiger partial charge in [-0.3, -0.25) is 0 Å². The third-order valence-electron chi connectivity index (χ3n) is 4.13. The fraction of sp³-hybridized carbons (Fsp3) is 0.800. The zero-order valence-electron chi connectivity index (χ0n) is 12.1. The van der Waals surface area contributed by atoms with Gasteiger partial charge >= 0.3 is 0 Å². The lowest BCUT2D eigenvalue weighted by atomic mass is 9.86. The summed E-state index contributed by atoms with van der Waals surface area (Å²) in [5, 5.41) is 3.47. The van der Waals surface area contributed by atoms with E-state index in [1.807, 2.05) is 6.33 Å². The maximum atomic E-state index is 4.36. The van der Waals surface area contributed by atoms with E-state index in [1.54, 1.807) is 0 Å². The summed E-state index contributed by atoms with van der Waals surface area (Å²) in [6.07, 6.45) is 9.23. The second-order valence-electron chi connectivity index (χ2n) is 6.35. The summed E-state index contributed by atoms with van der Waals surface area (Å²) in [6.45, 7) is 10.3. The zero-order valence-corrected chi connectivity index (χ0v) is 12.1. The lowest BCUT2D eigenvalue weighted by Crippen LogP contribution is -2.28. The molecule has 1 aromatic rings. The van der Waals surface area contributed by atoms with Gasteiger partial charge in [-0.05, 0) is 25.3 Å². The Labute approximate surface area is 111 Å². The van der Waals surface area contributed by atoms with E-state index < -0.39 is 0 Å². The minimum Gasteiger partial charge on any atom is -0.334 e. The summed E-state index contributed by atoms with van der Waals surface area (Å²) in [5.74, 6) is 0.823. The van der Waals surface area contributed by atoms with Gasteiger partial charge in [0, 0.05) is 30.4 Å². The van der Waals surface area contributed by atoms with Crippen LogP contribution in [-0.2, 0) is 12.0 Å². The maximum absolute atomic E-state index is 4.36. The predicted octanol–water partition coefficient (Wildman–Crippen LogP) is 2.96. The van der Waals surface area contributed by atoms with E-state index >= 15 is 0 Å². The fourth-order valence-corrected chi connectivity index (χ4v) is 2.87. The topological polar surface area (TPSA) is 29.9 Å². The number of nitrogens with zero attached hydrogens (tertiary/aromatic N) is 2.